The van der Waals surface area contributed by atoms with Crippen molar-refractivity contribution >= 4 is 44.4 Å². The first kappa shape index (κ1) is 18.0. The Balaban J connectivity index is 1.55. The van der Waals surface area contributed by atoms with Crippen molar-refractivity contribution in [3.05, 3.63) is 83.7 Å². The molecule has 2 aromatic carbocycles. The van der Waals surface area contributed by atoms with Crippen molar-refractivity contribution in [1.29, 1.82) is 0 Å². The number of nitrogens with one attached hydrogen (secondary N) is 2. The quantitative estimate of drug-likeness (QED) is 0.303. The summed E-state index contributed by atoms with van der Waals surface area (Å²) in [5.41, 5.74) is 7.60. The van der Waals surface area contributed by atoms with E-state index in [0.717, 1.165) is 16.3 Å². The van der Waals surface area contributed by atoms with Gasteiger partial charge in [0.15, 0.2) is 5.00 Å². The molecule has 6 nitrogen and oxygen atoms in total. The molecule has 8 heteroatoms. The van der Waals surface area contributed by atoms with Crippen LogP contribution in [-0.2, 0) is 0 Å². The summed E-state index contributed by atoms with van der Waals surface area (Å²) in [6.07, 6.45) is 0. The highest BCUT2D eigenvalue weighted by molar-refractivity contribution is 7.20. The number of thiophene rings is 1. The van der Waals surface area contributed by atoms with Gasteiger partial charge in [-0.05, 0) is 35.7 Å². The van der Waals surface area contributed by atoms with Crippen LogP contribution in [0, 0.1) is 0 Å². The Kier molecular flexibility index (Phi) is 5.51. The third-order valence-corrected chi connectivity index (χ3v) is 5.43. The number of hydrogen-bond donors (Lipinski definition) is 2. The van der Waals surface area contributed by atoms with Crippen LogP contribution < -0.4 is 10.9 Å². The second-order valence-corrected chi connectivity index (χ2v) is 7.56. The number of rotatable bonds is 6. The minimum atomic E-state index is -0.235. The Morgan fingerprint density at radius 2 is 1.64 bits per heavy atom. The zero-order chi connectivity index (χ0) is 19.2. The average Bonchev–Trinajstić information content (AvgIpc) is 3.41. The lowest BCUT2D eigenvalue weighted by Crippen LogP contribution is -2.29. The molecule has 138 valence electrons. The summed E-state index contributed by atoms with van der Waals surface area (Å²) in [4.78, 5) is 17.8. The lowest BCUT2D eigenvalue weighted by Gasteiger charge is -2.04. The van der Waals surface area contributed by atoms with Gasteiger partial charge in [-0.25, -0.2) is 4.98 Å². The van der Waals surface area contributed by atoms with Crippen LogP contribution in [0.15, 0.2) is 88.4 Å². The molecule has 0 aliphatic carbocycles. The molecular formula is C20H15N5OS2. The Morgan fingerprint density at radius 1 is 0.893 bits per heavy atom. The van der Waals surface area contributed by atoms with Crippen LogP contribution in [0.5, 0.6) is 0 Å². The monoisotopic (exact) mass is 405 g/mol. The van der Waals surface area contributed by atoms with Crippen LogP contribution in [0.4, 0.5) is 15.8 Å². The maximum Gasteiger partial charge on any atom is 0.269 e. The standard InChI is InChI=1S/C20H15N5OS2/c26-18(14-8-3-1-4-9-14)23-25-20-21-17(16-12-7-13-27-16)19(28-20)24-22-15-10-5-2-6-11-15/h1-13H,(H,21,25)(H,23,26). The van der Waals surface area contributed by atoms with Gasteiger partial charge in [0.2, 0.25) is 5.13 Å². The van der Waals surface area contributed by atoms with Gasteiger partial charge in [-0.1, -0.05) is 53.8 Å². The number of amides is 1. The van der Waals surface area contributed by atoms with Crippen molar-refractivity contribution in [3.63, 3.8) is 0 Å². The van der Waals surface area contributed by atoms with Gasteiger partial charge < -0.3 is 0 Å². The van der Waals surface area contributed by atoms with Crippen LogP contribution in [0.2, 0.25) is 0 Å². The summed E-state index contributed by atoms with van der Waals surface area (Å²) in [7, 11) is 0. The molecule has 2 aromatic heterocycles. The summed E-state index contributed by atoms with van der Waals surface area (Å²) in [6, 6.07) is 22.4. The van der Waals surface area contributed by atoms with E-state index in [1.807, 2.05) is 66.0 Å². The average molecular weight is 406 g/mol. The number of aromatic nitrogens is 1. The van der Waals surface area contributed by atoms with Crippen molar-refractivity contribution in [2.75, 3.05) is 5.43 Å². The minimum Gasteiger partial charge on any atom is -0.273 e. The first-order chi connectivity index (χ1) is 13.8. The van der Waals surface area contributed by atoms with Gasteiger partial charge >= 0.3 is 0 Å². The number of hydrazine groups is 1. The number of nitrogens with zero attached hydrogens (tertiary/aromatic N) is 3. The molecule has 28 heavy (non-hydrogen) atoms. The molecule has 0 unspecified atom stereocenters. The summed E-state index contributed by atoms with van der Waals surface area (Å²) in [5.74, 6) is -0.235. The lowest BCUT2D eigenvalue weighted by molar-refractivity contribution is 0.0962. The molecule has 0 fully saturated rings. The molecule has 0 atom stereocenters. The molecule has 2 heterocycles. The van der Waals surface area contributed by atoms with Gasteiger partial charge in [0.25, 0.3) is 5.91 Å². The number of carbonyl (C=O) groups excluding carboxylic acids is 1. The molecule has 0 aliphatic heterocycles. The number of thiazole rings is 1. The highest BCUT2D eigenvalue weighted by Gasteiger charge is 2.15. The fourth-order valence-corrected chi connectivity index (χ4v) is 3.91. The summed E-state index contributed by atoms with van der Waals surface area (Å²) in [5, 5.41) is 11.9. The molecule has 0 aliphatic rings. The van der Waals surface area contributed by atoms with Crippen molar-refractivity contribution in [1.82, 2.24) is 10.4 Å². The van der Waals surface area contributed by atoms with Gasteiger partial charge in [0.1, 0.15) is 5.69 Å². The number of anilines is 1. The fraction of sp³-hybridized carbons (Fsp3) is 0. The van der Waals surface area contributed by atoms with E-state index in [1.54, 1.807) is 23.5 Å². The van der Waals surface area contributed by atoms with Gasteiger partial charge in [0.05, 0.1) is 10.6 Å². The molecular weight excluding hydrogens is 390 g/mol. The molecule has 4 rings (SSSR count). The van der Waals surface area contributed by atoms with Crippen LogP contribution in [0.3, 0.4) is 0 Å². The van der Waals surface area contributed by atoms with Crippen molar-refractivity contribution < 1.29 is 4.79 Å². The lowest BCUT2D eigenvalue weighted by atomic mass is 10.2. The summed E-state index contributed by atoms with van der Waals surface area (Å²) < 4.78 is 0. The molecule has 0 bridgehead atoms. The van der Waals surface area contributed by atoms with E-state index in [0.29, 0.717) is 15.7 Å². The molecule has 0 saturated carbocycles. The molecule has 0 saturated heterocycles. The Bertz CT molecular complexity index is 1080. The van der Waals surface area contributed by atoms with Crippen molar-refractivity contribution in [2.45, 2.75) is 0 Å². The van der Waals surface area contributed by atoms with E-state index in [-0.39, 0.29) is 5.91 Å². The molecule has 4 aromatic rings. The summed E-state index contributed by atoms with van der Waals surface area (Å²) >= 11 is 2.90. The molecule has 0 radical (unpaired) electrons. The predicted octanol–water partition coefficient (Wildman–Crippen LogP) is 6.04. The van der Waals surface area contributed by atoms with E-state index in [9.17, 15) is 4.79 Å². The second-order valence-electron chi connectivity index (χ2n) is 5.63. The molecule has 1 amide bonds. The largest absolute Gasteiger partial charge is 0.273 e. The van der Waals surface area contributed by atoms with Crippen LogP contribution in [0.25, 0.3) is 10.6 Å². The van der Waals surface area contributed by atoms with Gasteiger partial charge in [-0.2, -0.15) is 0 Å². The predicted molar refractivity (Wildman–Crippen MR) is 114 cm³/mol. The number of azo groups is 1. The number of carbonyl (C=O) groups is 1. The molecule has 2 N–H and O–H groups in total. The third kappa shape index (κ3) is 4.30. The fourth-order valence-electron chi connectivity index (χ4n) is 2.38. The maximum atomic E-state index is 12.2. The van der Waals surface area contributed by atoms with E-state index in [2.05, 4.69) is 26.1 Å². The zero-order valence-corrected chi connectivity index (χ0v) is 16.2. The topological polar surface area (TPSA) is 78.7 Å². The number of hydrogen-bond acceptors (Lipinski definition) is 7. The van der Waals surface area contributed by atoms with Crippen LogP contribution in [0.1, 0.15) is 10.4 Å². The zero-order valence-electron chi connectivity index (χ0n) is 14.6. The normalized spacial score (nSPS) is 10.9. The van der Waals surface area contributed by atoms with E-state index in [4.69, 9.17) is 0 Å². The Morgan fingerprint density at radius 3 is 2.36 bits per heavy atom. The smallest absolute Gasteiger partial charge is 0.269 e. The van der Waals surface area contributed by atoms with E-state index >= 15 is 0 Å². The third-order valence-electron chi connectivity index (χ3n) is 3.70. The highest BCUT2D eigenvalue weighted by Crippen LogP contribution is 2.40. The minimum absolute atomic E-state index is 0.235. The summed E-state index contributed by atoms with van der Waals surface area (Å²) in [6.45, 7) is 0. The first-order valence-electron chi connectivity index (χ1n) is 8.42. The Hall–Kier alpha value is -3.36. The van der Waals surface area contributed by atoms with E-state index < -0.39 is 0 Å². The number of benzene rings is 2. The van der Waals surface area contributed by atoms with Crippen LogP contribution in [-0.4, -0.2) is 10.9 Å². The van der Waals surface area contributed by atoms with Crippen molar-refractivity contribution in [2.24, 2.45) is 10.2 Å². The molecule has 0 spiro atoms. The SMILES string of the molecule is O=C(NNc1nc(-c2cccs2)c(N=Nc2ccccc2)s1)c1ccccc1. The second kappa shape index (κ2) is 8.55. The van der Waals surface area contributed by atoms with Gasteiger partial charge in [0, 0.05) is 5.56 Å². The van der Waals surface area contributed by atoms with Gasteiger partial charge in [-0.3, -0.25) is 15.6 Å². The maximum absolute atomic E-state index is 12.2. The highest BCUT2D eigenvalue weighted by atomic mass is 32.1. The van der Waals surface area contributed by atoms with E-state index in [1.165, 1.54) is 11.3 Å². The first-order valence-corrected chi connectivity index (χ1v) is 10.1. The Labute approximate surface area is 169 Å². The van der Waals surface area contributed by atoms with Gasteiger partial charge in [-0.15, -0.1) is 21.6 Å². The van der Waals surface area contributed by atoms with Crippen LogP contribution >= 0.6 is 22.7 Å². The van der Waals surface area contributed by atoms with Crippen molar-refractivity contribution in [3.8, 4) is 10.6 Å².